The topological polar surface area (TPSA) is 64.3 Å². The first-order valence-electron chi connectivity index (χ1n) is 8.83. The van der Waals surface area contributed by atoms with E-state index in [1.165, 1.54) is 6.92 Å². The zero-order valence-electron chi connectivity index (χ0n) is 15.3. The first-order chi connectivity index (χ1) is 12.5. The lowest BCUT2D eigenvalue weighted by atomic mass is 10.1. The number of ether oxygens (including phenoxy) is 1. The second kappa shape index (κ2) is 7.70. The average Bonchev–Trinajstić information content (AvgIpc) is 2.99. The molecule has 0 spiro atoms. The van der Waals surface area contributed by atoms with Gasteiger partial charge in [0.25, 0.3) is 0 Å². The minimum absolute atomic E-state index is 0.0576. The second-order valence-corrected chi connectivity index (χ2v) is 6.74. The number of carbonyl (C=O) groups is 1. The number of rotatable bonds is 7. The first-order valence-corrected chi connectivity index (χ1v) is 8.83. The van der Waals surface area contributed by atoms with E-state index < -0.39 is 6.10 Å². The van der Waals surface area contributed by atoms with Crippen LogP contribution in [-0.2, 0) is 6.54 Å². The smallest absolute Gasteiger partial charge is 0.163 e. The molecule has 5 heteroatoms. The van der Waals surface area contributed by atoms with Crippen molar-refractivity contribution in [2.75, 3.05) is 6.61 Å². The van der Waals surface area contributed by atoms with Gasteiger partial charge in [0.1, 0.15) is 24.3 Å². The van der Waals surface area contributed by atoms with Crippen LogP contribution in [0.3, 0.4) is 0 Å². The zero-order valence-corrected chi connectivity index (χ0v) is 15.3. The molecule has 1 N–H and O–H groups in total. The van der Waals surface area contributed by atoms with Gasteiger partial charge in [-0.1, -0.05) is 38.1 Å². The molecule has 0 aliphatic heterocycles. The van der Waals surface area contributed by atoms with E-state index in [0.717, 1.165) is 16.9 Å². The van der Waals surface area contributed by atoms with Crippen LogP contribution in [0, 0.1) is 0 Å². The van der Waals surface area contributed by atoms with E-state index in [9.17, 15) is 9.90 Å². The van der Waals surface area contributed by atoms with Crippen molar-refractivity contribution in [1.82, 2.24) is 9.55 Å². The number of ketones is 1. The summed E-state index contributed by atoms with van der Waals surface area (Å²) in [6.07, 6.45) is -0.717. The molecule has 26 heavy (non-hydrogen) atoms. The maximum absolute atomic E-state index is 11.7. The van der Waals surface area contributed by atoms with E-state index in [1.807, 2.05) is 34.9 Å². The molecule has 0 unspecified atom stereocenters. The van der Waals surface area contributed by atoms with Crippen LogP contribution in [0.15, 0.2) is 48.5 Å². The van der Waals surface area contributed by atoms with Gasteiger partial charge in [-0.05, 0) is 31.2 Å². The Hall–Kier alpha value is -2.66. The highest BCUT2D eigenvalue weighted by Gasteiger charge is 2.17. The van der Waals surface area contributed by atoms with Crippen molar-refractivity contribution in [1.29, 1.82) is 0 Å². The van der Waals surface area contributed by atoms with Crippen LogP contribution < -0.4 is 4.74 Å². The molecular weight excluding hydrogens is 328 g/mol. The number of hydrogen-bond acceptors (Lipinski definition) is 4. The summed E-state index contributed by atoms with van der Waals surface area (Å²) >= 11 is 0. The molecule has 136 valence electrons. The van der Waals surface area contributed by atoms with E-state index in [0.29, 0.717) is 17.9 Å². The summed E-state index contributed by atoms with van der Waals surface area (Å²) in [4.78, 5) is 16.4. The average molecular weight is 352 g/mol. The number of benzene rings is 2. The Kier molecular flexibility index (Phi) is 5.38. The Morgan fingerprint density at radius 2 is 1.85 bits per heavy atom. The van der Waals surface area contributed by atoms with Gasteiger partial charge in [0.2, 0.25) is 0 Å². The van der Waals surface area contributed by atoms with Crippen LogP contribution in [0.5, 0.6) is 5.75 Å². The molecule has 3 aromatic rings. The number of nitrogens with zero attached hydrogens (tertiary/aromatic N) is 2. The molecule has 0 saturated heterocycles. The number of carbonyl (C=O) groups excluding carboxylic acids is 1. The van der Waals surface area contributed by atoms with Crippen molar-refractivity contribution in [2.24, 2.45) is 0 Å². The predicted molar refractivity (Wildman–Crippen MR) is 102 cm³/mol. The molecule has 1 atom stereocenters. The third kappa shape index (κ3) is 3.78. The maximum Gasteiger partial charge on any atom is 0.163 e. The summed E-state index contributed by atoms with van der Waals surface area (Å²) in [6, 6.07) is 15.0. The van der Waals surface area contributed by atoms with E-state index >= 15 is 0 Å². The van der Waals surface area contributed by atoms with Gasteiger partial charge in [0.15, 0.2) is 5.78 Å². The van der Waals surface area contributed by atoms with Gasteiger partial charge in [-0.15, -0.1) is 0 Å². The fourth-order valence-electron chi connectivity index (χ4n) is 3.06. The molecule has 0 aliphatic rings. The van der Waals surface area contributed by atoms with Gasteiger partial charge in [0, 0.05) is 5.92 Å². The van der Waals surface area contributed by atoms with Gasteiger partial charge in [-0.2, -0.15) is 0 Å². The summed E-state index contributed by atoms with van der Waals surface area (Å²) in [7, 11) is 0. The SMILES string of the molecule is CC(=O)c1ccccc1OC[C@@H](O)Cn1c(C(C)C)nc2ccccc21. The molecule has 5 nitrogen and oxygen atoms in total. The van der Waals surface area contributed by atoms with Crippen LogP contribution in [0.1, 0.15) is 42.9 Å². The van der Waals surface area contributed by atoms with Crippen molar-refractivity contribution in [3.8, 4) is 5.75 Å². The first kappa shape index (κ1) is 18.1. The lowest BCUT2D eigenvalue weighted by Crippen LogP contribution is -2.25. The van der Waals surface area contributed by atoms with E-state index in [1.54, 1.807) is 18.2 Å². The maximum atomic E-state index is 11.7. The Morgan fingerprint density at radius 3 is 2.58 bits per heavy atom. The van der Waals surface area contributed by atoms with Crippen LogP contribution in [-0.4, -0.2) is 33.2 Å². The number of Topliss-reactive ketones (excluding diaryl/α,β-unsaturated/α-hetero) is 1. The molecule has 0 amide bonds. The summed E-state index contributed by atoms with van der Waals surface area (Å²) in [5.74, 6) is 1.62. The van der Waals surface area contributed by atoms with Crippen molar-refractivity contribution in [2.45, 2.75) is 39.3 Å². The molecule has 1 heterocycles. The van der Waals surface area contributed by atoms with Crippen molar-refractivity contribution in [3.05, 3.63) is 59.9 Å². The summed E-state index contributed by atoms with van der Waals surface area (Å²) in [5.41, 5.74) is 2.45. The largest absolute Gasteiger partial charge is 0.490 e. The van der Waals surface area contributed by atoms with Gasteiger partial charge in [0.05, 0.1) is 23.1 Å². The summed E-state index contributed by atoms with van der Waals surface area (Å²) < 4.78 is 7.76. The predicted octanol–water partition coefficient (Wildman–Crippen LogP) is 3.80. The summed E-state index contributed by atoms with van der Waals surface area (Å²) in [6.45, 7) is 6.17. The summed E-state index contributed by atoms with van der Waals surface area (Å²) in [5, 5.41) is 10.5. The normalized spacial score (nSPS) is 12.5. The van der Waals surface area contributed by atoms with Crippen LogP contribution in [0.2, 0.25) is 0 Å². The van der Waals surface area contributed by atoms with Crippen LogP contribution >= 0.6 is 0 Å². The monoisotopic (exact) mass is 352 g/mol. The molecule has 0 radical (unpaired) electrons. The molecule has 0 bridgehead atoms. The molecular formula is C21H24N2O3. The Balaban J connectivity index is 1.77. The van der Waals surface area contributed by atoms with Gasteiger partial charge in [-0.3, -0.25) is 4.79 Å². The third-order valence-electron chi connectivity index (χ3n) is 4.29. The highest BCUT2D eigenvalue weighted by Crippen LogP contribution is 2.23. The molecule has 3 rings (SSSR count). The Morgan fingerprint density at radius 1 is 1.15 bits per heavy atom. The van der Waals surface area contributed by atoms with Gasteiger partial charge < -0.3 is 14.4 Å². The Bertz CT molecular complexity index is 915. The van der Waals surface area contributed by atoms with Crippen molar-refractivity contribution < 1.29 is 14.6 Å². The number of aliphatic hydroxyl groups excluding tert-OH is 1. The second-order valence-electron chi connectivity index (χ2n) is 6.74. The molecule has 0 fully saturated rings. The number of aromatic nitrogens is 2. The van der Waals surface area contributed by atoms with E-state index in [2.05, 4.69) is 18.8 Å². The minimum Gasteiger partial charge on any atom is -0.490 e. The molecule has 2 aromatic carbocycles. The fraction of sp³-hybridized carbons (Fsp3) is 0.333. The molecule has 1 aromatic heterocycles. The van der Waals surface area contributed by atoms with E-state index in [-0.39, 0.29) is 18.3 Å². The third-order valence-corrected chi connectivity index (χ3v) is 4.29. The van der Waals surface area contributed by atoms with Gasteiger partial charge in [-0.25, -0.2) is 4.98 Å². The van der Waals surface area contributed by atoms with Crippen molar-refractivity contribution >= 4 is 16.8 Å². The van der Waals surface area contributed by atoms with Crippen molar-refractivity contribution in [3.63, 3.8) is 0 Å². The van der Waals surface area contributed by atoms with E-state index in [4.69, 9.17) is 4.74 Å². The molecule has 0 saturated carbocycles. The Labute approximate surface area is 153 Å². The number of fused-ring (bicyclic) bond motifs is 1. The zero-order chi connectivity index (χ0) is 18.7. The quantitative estimate of drug-likeness (QED) is 0.657. The highest BCUT2D eigenvalue weighted by molar-refractivity contribution is 5.96. The fourth-order valence-corrected chi connectivity index (χ4v) is 3.06. The number of aliphatic hydroxyl groups is 1. The van der Waals surface area contributed by atoms with Crippen LogP contribution in [0.25, 0.3) is 11.0 Å². The molecule has 0 aliphatic carbocycles. The lowest BCUT2D eigenvalue weighted by Gasteiger charge is -2.17. The highest BCUT2D eigenvalue weighted by atomic mass is 16.5. The minimum atomic E-state index is -0.717. The number of para-hydroxylation sites is 3. The van der Waals surface area contributed by atoms with Crippen LogP contribution in [0.4, 0.5) is 0 Å². The lowest BCUT2D eigenvalue weighted by molar-refractivity contribution is 0.0897. The standard InChI is InChI=1S/C21H24N2O3/c1-14(2)21-22-18-9-5-6-10-19(18)23(21)12-16(25)13-26-20-11-7-4-8-17(20)15(3)24/h4-11,14,16,25H,12-13H2,1-3H3/t16-/m0/s1. The number of hydrogen-bond donors (Lipinski definition) is 1. The number of imidazole rings is 1. The van der Waals surface area contributed by atoms with Gasteiger partial charge >= 0.3 is 0 Å².